The number of hydrogen-bond donors (Lipinski definition) is 1. The van der Waals surface area contributed by atoms with Crippen LogP contribution < -0.4 is 0 Å². The maximum absolute atomic E-state index is 12.1. The highest BCUT2D eigenvalue weighted by Gasteiger charge is 2.21. The molecule has 0 radical (unpaired) electrons. The number of amides is 1. The van der Waals surface area contributed by atoms with Gasteiger partial charge in [-0.1, -0.05) is 0 Å². The molecule has 0 spiro atoms. The average molecular weight is 290 g/mol. The first-order chi connectivity index (χ1) is 7.57. The average Bonchev–Trinajstić information content (AvgIpc) is 2.64. The van der Waals surface area contributed by atoms with Crippen molar-refractivity contribution in [1.82, 2.24) is 4.90 Å². The van der Waals surface area contributed by atoms with Crippen LogP contribution in [0.15, 0.2) is 21.4 Å². The molecule has 1 amide bonds. The Balaban J connectivity index is 2.79. The van der Waals surface area contributed by atoms with E-state index in [1.54, 1.807) is 11.0 Å². The van der Waals surface area contributed by atoms with E-state index in [9.17, 15) is 4.79 Å². The van der Waals surface area contributed by atoms with Gasteiger partial charge in [0.05, 0.1) is 11.8 Å². The molecule has 1 rings (SSSR count). The highest BCUT2D eigenvalue weighted by atomic mass is 79.9. The van der Waals surface area contributed by atoms with Gasteiger partial charge < -0.3 is 14.4 Å². The lowest BCUT2D eigenvalue weighted by Crippen LogP contribution is -2.38. The van der Waals surface area contributed by atoms with Crippen LogP contribution in [0.5, 0.6) is 0 Å². The molecule has 0 saturated carbocycles. The van der Waals surface area contributed by atoms with Crippen molar-refractivity contribution < 1.29 is 14.3 Å². The molecule has 0 bridgehead atoms. The number of aliphatic hydroxyl groups is 1. The lowest BCUT2D eigenvalue weighted by molar-refractivity contribution is 0.0691. The summed E-state index contributed by atoms with van der Waals surface area (Å²) in [5, 5.41) is 8.80. The van der Waals surface area contributed by atoms with Crippen LogP contribution in [0, 0.1) is 0 Å². The van der Waals surface area contributed by atoms with Crippen LogP contribution in [0.25, 0.3) is 0 Å². The molecule has 0 aliphatic rings. The Morgan fingerprint density at radius 3 is 2.75 bits per heavy atom. The highest BCUT2D eigenvalue weighted by molar-refractivity contribution is 9.10. The molecule has 16 heavy (non-hydrogen) atoms. The van der Waals surface area contributed by atoms with Crippen LogP contribution in [0.2, 0.25) is 0 Å². The van der Waals surface area contributed by atoms with Crippen molar-refractivity contribution in [1.29, 1.82) is 0 Å². The molecule has 0 aromatic carbocycles. The van der Waals surface area contributed by atoms with Gasteiger partial charge in [0.2, 0.25) is 0 Å². The van der Waals surface area contributed by atoms with E-state index in [2.05, 4.69) is 15.9 Å². The van der Waals surface area contributed by atoms with E-state index in [4.69, 9.17) is 9.52 Å². The SMILES string of the molecule is CC(C)N(CCCO)C(=O)c1ccoc1Br. The molecule has 4 nitrogen and oxygen atoms in total. The Morgan fingerprint density at radius 1 is 1.62 bits per heavy atom. The molecule has 1 heterocycles. The van der Waals surface area contributed by atoms with Crippen LogP contribution in [0.3, 0.4) is 0 Å². The summed E-state index contributed by atoms with van der Waals surface area (Å²) in [6, 6.07) is 1.74. The van der Waals surface area contributed by atoms with Gasteiger partial charge in [0.25, 0.3) is 5.91 Å². The number of carbonyl (C=O) groups is 1. The first-order valence-corrected chi connectivity index (χ1v) is 6.02. The van der Waals surface area contributed by atoms with E-state index in [0.29, 0.717) is 23.2 Å². The molecule has 0 fully saturated rings. The van der Waals surface area contributed by atoms with Crippen molar-refractivity contribution in [3.8, 4) is 0 Å². The molecule has 1 N–H and O–H groups in total. The zero-order valence-electron chi connectivity index (χ0n) is 9.44. The fraction of sp³-hybridized carbons (Fsp3) is 0.545. The molecule has 0 saturated heterocycles. The Kier molecular flexibility index (Phi) is 5.02. The quantitative estimate of drug-likeness (QED) is 0.905. The number of halogens is 1. The zero-order chi connectivity index (χ0) is 12.1. The summed E-state index contributed by atoms with van der Waals surface area (Å²) in [7, 11) is 0. The zero-order valence-corrected chi connectivity index (χ0v) is 11.0. The summed E-state index contributed by atoms with van der Waals surface area (Å²) in [5.74, 6) is -0.0796. The minimum atomic E-state index is -0.0796. The number of carbonyl (C=O) groups excluding carboxylic acids is 1. The number of nitrogens with zero attached hydrogens (tertiary/aromatic N) is 1. The van der Waals surface area contributed by atoms with Gasteiger partial charge >= 0.3 is 0 Å². The monoisotopic (exact) mass is 289 g/mol. The van der Waals surface area contributed by atoms with Gasteiger partial charge in [0.15, 0.2) is 4.67 Å². The lowest BCUT2D eigenvalue weighted by Gasteiger charge is -2.26. The lowest BCUT2D eigenvalue weighted by atomic mass is 10.2. The maximum Gasteiger partial charge on any atom is 0.258 e. The Bertz CT molecular complexity index is 349. The molecule has 0 atom stereocenters. The molecular weight excluding hydrogens is 274 g/mol. The number of aliphatic hydroxyl groups excluding tert-OH is 1. The van der Waals surface area contributed by atoms with E-state index in [0.717, 1.165) is 0 Å². The second-order valence-corrected chi connectivity index (χ2v) is 4.50. The van der Waals surface area contributed by atoms with Gasteiger partial charge in [-0.05, 0) is 42.3 Å². The first kappa shape index (κ1) is 13.3. The largest absolute Gasteiger partial charge is 0.457 e. The summed E-state index contributed by atoms with van der Waals surface area (Å²) in [4.78, 5) is 13.8. The molecule has 0 unspecified atom stereocenters. The number of hydrogen-bond acceptors (Lipinski definition) is 3. The Labute approximate surface area is 103 Å². The maximum atomic E-state index is 12.1. The van der Waals surface area contributed by atoms with E-state index < -0.39 is 0 Å². The molecule has 1 aromatic rings. The Morgan fingerprint density at radius 2 is 2.31 bits per heavy atom. The molecule has 5 heteroatoms. The molecule has 90 valence electrons. The second kappa shape index (κ2) is 6.06. The van der Waals surface area contributed by atoms with Crippen molar-refractivity contribution in [2.75, 3.05) is 13.2 Å². The first-order valence-electron chi connectivity index (χ1n) is 5.22. The van der Waals surface area contributed by atoms with Crippen LogP contribution in [-0.2, 0) is 0 Å². The second-order valence-electron chi connectivity index (χ2n) is 3.78. The minimum Gasteiger partial charge on any atom is -0.457 e. The Hall–Kier alpha value is -0.810. The number of furan rings is 1. The fourth-order valence-electron chi connectivity index (χ4n) is 1.44. The van der Waals surface area contributed by atoms with Gasteiger partial charge in [0.1, 0.15) is 0 Å². The van der Waals surface area contributed by atoms with E-state index in [1.165, 1.54) is 6.26 Å². The third kappa shape index (κ3) is 3.09. The van der Waals surface area contributed by atoms with Gasteiger partial charge in [-0.15, -0.1) is 0 Å². The third-order valence-electron chi connectivity index (χ3n) is 2.29. The summed E-state index contributed by atoms with van der Waals surface area (Å²) in [6.07, 6.45) is 2.06. The summed E-state index contributed by atoms with van der Waals surface area (Å²) in [5.41, 5.74) is 0.520. The van der Waals surface area contributed by atoms with Crippen molar-refractivity contribution >= 4 is 21.8 Å². The van der Waals surface area contributed by atoms with E-state index >= 15 is 0 Å². The van der Waals surface area contributed by atoms with Crippen LogP contribution in [-0.4, -0.2) is 35.1 Å². The topological polar surface area (TPSA) is 53.7 Å². The predicted octanol–water partition coefficient (Wildman–Crippen LogP) is 2.28. The smallest absolute Gasteiger partial charge is 0.258 e. The van der Waals surface area contributed by atoms with Crippen molar-refractivity contribution in [3.63, 3.8) is 0 Å². The van der Waals surface area contributed by atoms with Crippen molar-refractivity contribution in [3.05, 3.63) is 22.6 Å². The van der Waals surface area contributed by atoms with Gasteiger partial charge in [-0.2, -0.15) is 0 Å². The molecule has 1 aromatic heterocycles. The molecular formula is C11H16BrNO3. The highest BCUT2D eigenvalue weighted by Crippen LogP contribution is 2.20. The predicted molar refractivity (Wildman–Crippen MR) is 64.3 cm³/mol. The van der Waals surface area contributed by atoms with Crippen molar-refractivity contribution in [2.24, 2.45) is 0 Å². The van der Waals surface area contributed by atoms with Crippen LogP contribution in [0.4, 0.5) is 0 Å². The van der Waals surface area contributed by atoms with Gasteiger partial charge in [-0.25, -0.2) is 0 Å². The van der Waals surface area contributed by atoms with Crippen molar-refractivity contribution in [2.45, 2.75) is 26.3 Å². The minimum absolute atomic E-state index is 0.0796. The third-order valence-corrected chi connectivity index (χ3v) is 2.90. The van der Waals surface area contributed by atoms with Gasteiger partial charge in [-0.3, -0.25) is 4.79 Å². The number of rotatable bonds is 5. The summed E-state index contributed by atoms with van der Waals surface area (Å²) < 4.78 is 5.49. The fourth-order valence-corrected chi connectivity index (χ4v) is 1.85. The normalized spacial score (nSPS) is 10.8. The van der Waals surface area contributed by atoms with E-state index in [-0.39, 0.29) is 18.6 Å². The molecule has 0 aliphatic carbocycles. The summed E-state index contributed by atoms with van der Waals surface area (Å²) >= 11 is 3.19. The summed E-state index contributed by atoms with van der Waals surface area (Å²) in [6.45, 7) is 4.53. The van der Waals surface area contributed by atoms with Crippen LogP contribution >= 0.6 is 15.9 Å². The standard InChI is InChI=1S/C11H16BrNO3/c1-8(2)13(5-3-6-14)11(15)9-4-7-16-10(9)12/h4,7-8,14H,3,5-6H2,1-2H3. The van der Waals surface area contributed by atoms with Gasteiger partial charge in [0, 0.05) is 19.2 Å². The van der Waals surface area contributed by atoms with Crippen LogP contribution in [0.1, 0.15) is 30.6 Å². The van der Waals surface area contributed by atoms with E-state index in [1.807, 2.05) is 13.8 Å². The molecule has 0 aliphatic heterocycles.